The molecule has 0 spiro atoms. The number of nitrogens with one attached hydrogen (secondary N) is 1. The first-order chi connectivity index (χ1) is 11.0. The van der Waals surface area contributed by atoms with Crippen molar-refractivity contribution in [3.63, 3.8) is 0 Å². The van der Waals surface area contributed by atoms with Gasteiger partial charge in [0.15, 0.2) is 0 Å². The summed E-state index contributed by atoms with van der Waals surface area (Å²) in [6.07, 6.45) is -8.65. The molecule has 1 amide bonds. The number of aromatic nitrogens is 1. The highest BCUT2D eigenvalue weighted by atomic mass is 19.4. The molecular weight excluding hydrogens is 338 g/mol. The molecule has 128 valence electrons. The number of alkyl halides is 6. The number of aryl methyl sites for hydroxylation is 1. The monoisotopic (exact) mass is 348 g/mol. The fraction of sp³-hybridized carbons (Fsp3) is 0.200. The molecule has 1 aromatic heterocycles. The number of anilines is 1. The van der Waals surface area contributed by atoms with E-state index in [9.17, 15) is 31.1 Å². The minimum Gasteiger partial charge on any atom is -0.322 e. The molecule has 1 aromatic carbocycles. The number of carbonyl (C=O) groups is 1. The fourth-order valence-electron chi connectivity index (χ4n) is 1.92. The maximum atomic E-state index is 12.8. The van der Waals surface area contributed by atoms with Gasteiger partial charge in [-0.05, 0) is 37.3 Å². The number of benzene rings is 1. The third kappa shape index (κ3) is 4.24. The zero-order valence-corrected chi connectivity index (χ0v) is 12.1. The molecule has 0 radical (unpaired) electrons. The lowest BCUT2D eigenvalue weighted by Gasteiger charge is -2.14. The van der Waals surface area contributed by atoms with E-state index in [4.69, 9.17) is 0 Å². The highest BCUT2D eigenvalue weighted by Crippen LogP contribution is 2.37. The van der Waals surface area contributed by atoms with Crippen LogP contribution >= 0.6 is 0 Å². The minimum absolute atomic E-state index is 0.00770. The molecule has 24 heavy (non-hydrogen) atoms. The van der Waals surface area contributed by atoms with Crippen molar-refractivity contribution in [3.05, 3.63) is 58.9 Å². The normalized spacial score (nSPS) is 12.1. The van der Waals surface area contributed by atoms with E-state index in [0.29, 0.717) is 17.8 Å². The lowest BCUT2D eigenvalue weighted by molar-refractivity contribution is -0.143. The van der Waals surface area contributed by atoms with Crippen LogP contribution in [0.1, 0.15) is 27.2 Å². The van der Waals surface area contributed by atoms with Gasteiger partial charge in [-0.3, -0.25) is 9.78 Å². The Morgan fingerprint density at radius 2 is 1.50 bits per heavy atom. The predicted molar refractivity (Wildman–Crippen MR) is 73.4 cm³/mol. The molecule has 0 fully saturated rings. The highest BCUT2D eigenvalue weighted by molar-refractivity contribution is 6.04. The third-order valence-corrected chi connectivity index (χ3v) is 3.00. The van der Waals surface area contributed by atoms with Crippen LogP contribution in [0.4, 0.5) is 32.0 Å². The van der Waals surface area contributed by atoms with Crippen LogP contribution in [0.3, 0.4) is 0 Å². The van der Waals surface area contributed by atoms with Crippen molar-refractivity contribution in [2.45, 2.75) is 19.3 Å². The Morgan fingerprint density at radius 1 is 0.958 bits per heavy atom. The van der Waals surface area contributed by atoms with Crippen molar-refractivity contribution in [1.82, 2.24) is 4.98 Å². The first-order valence-electron chi connectivity index (χ1n) is 6.50. The van der Waals surface area contributed by atoms with E-state index in [1.54, 1.807) is 6.92 Å². The largest absolute Gasteiger partial charge is 0.416 e. The molecule has 1 N–H and O–H groups in total. The second-order valence-electron chi connectivity index (χ2n) is 4.93. The molecule has 0 aliphatic heterocycles. The van der Waals surface area contributed by atoms with Crippen LogP contribution in [0.25, 0.3) is 0 Å². The molecule has 2 aromatic rings. The van der Waals surface area contributed by atoms with Crippen molar-refractivity contribution < 1.29 is 31.1 Å². The average Bonchev–Trinajstić information content (AvgIpc) is 2.45. The standard InChI is InChI=1S/C15H10F6N2O/c1-8-4-9(2-3-22-8)13(24)23-12-6-10(14(16,17)18)5-11(7-12)15(19,20)21/h2-7H,1H3,(H,23,24). The summed E-state index contributed by atoms with van der Waals surface area (Å²) in [5.74, 6) is -0.840. The molecule has 1 heterocycles. The maximum Gasteiger partial charge on any atom is 0.416 e. The van der Waals surface area contributed by atoms with Gasteiger partial charge in [0, 0.05) is 23.1 Å². The van der Waals surface area contributed by atoms with Crippen molar-refractivity contribution in [2.24, 2.45) is 0 Å². The number of rotatable bonds is 2. The van der Waals surface area contributed by atoms with Gasteiger partial charge in [0.25, 0.3) is 5.91 Å². The fourth-order valence-corrected chi connectivity index (χ4v) is 1.92. The average molecular weight is 348 g/mol. The molecule has 0 saturated carbocycles. The van der Waals surface area contributed by atoms with Crippen LogP contribution in [0.15, 0.2) is 36.5 Å². The van der Waals surface area contributed by atoms with E-state index in [0.717, 1.165) is 0 Å². The summed E-state index contributed by atoms with van der Waals surface area (Å²) < 4.78 is 76.6. The molecule has 0 atom stereocenters. The SMILES string of the molecule is Cc1cc(C(=O)Nc2cc(C(F)(F)F)cc(C(F)(F)F)c2)ccn1. The lowest BCUT2D eigenvalue weighted by atomic mass is 10.1. The smallest absolute Gasteiger partial charge is 0.322 e. The summed E-state index contributed by atoms with van der Waals surface area (Å²) in [6.45, 7) is 1.59. The van der Waals surface area contributed by atoms with Gasteiger partial charge in [0.1, 0.15) is 0 Å². The van der Waals surface area contributed by atoms with Gasteiger partial charge in [0.2, 0.25) is 0 Å². The molecule has 0 aliphatic carbocycles. The van der Waals surface area contributed by atoms with Crippen molar-refractivity contribution in [3.8, 4) is 0 Å². The summed E-state index contributed by atoms with van der Waals surface area (Å²) in [7, 11) is 0. The quantitative estimate of drug-likeness (QED) is 0.801. The molecule has 3 nitrogen and oxygen atoms in total. The lowest BCUT2D eigenvalue weighted by Crippen LogP contribution is -2.16. The number of pyridine rings is 1. The van der Waals surface area contributed by atoms with Gasteiger partial charge < -0.3 is 5.32 Å². The Kier molecular flexibility index (Phi) is 4.54. The Morgan fingerprint density at radius 3 is 1.96 bits per heavy atom. The van der Waals surface area contributed by atoms with E-state index in [1.807, 2.05) is 5.32 Å². The molecule has 2 rings (SSSR count). The Bertz CT molecular complexity index is 735. The summed E-state index contributed by atoms with van der Waals surface area (Å²) in [4.78, 5) is 15.8. The highest BCUT2D eigenvalue weighted by Gasteiger charge is 2.37. The summed E-state index contributed by atoms with van der Waals surface area (Å²) in [5.41, 5.74) is -3.06. The summed E-state index contributed by atoms with van der Waals surface area (Å²) >= 11 is 0. The minimum atomic E-state index is -4.98. The van der Waals surface area contributed by atoms with E-state index >= 15 is 0 Å². The van der Waals surface area contributed by atoms with Gasteiger partial charge in [0.05, 0.1) is 11.1 Å². The van der Waals surface area contributed by atoms with E-state index in [-0.39, 0.29) is 11.6 Å². The van der Waals surface area contributed by atoms with Crippen molar-refractivity contribution in [2.75, 3.05) is 5.32 Å². The van der Waals surface area contributed by atoms with Crippen LogP contribution in [-0.2, 0) is 12.4 Å². The zero-order valence-electron chi connectivity index (χ0n) is 12.1. The van der Waals surface area contributed by atoms with Crippen LogP contribution in [-0.4, -0.2) is 10.9 Å². The van der Waals surface area contributed by atoms with Crippen LogP contribution in [0.5, 0.6) is 0 Å². The molecule has 0 unspecified atom stereocenters. The van der Waals surface area contributed by atoms with Crippen LogP contribution in [0, 0.1) is 6.92 Å². The Labute approximate surface area is 132 Å². The van der Waals surface area contributed by atoms with Gasteiger partial charge in [-0.2, -0.15) is 26.3 Å². The molecule has 0 bridgehead atoms. The second kappa shape index (κ2) is 6.14. The summed E-state index contributed by atoms with van der Waals surface area (Å²) in [5, 5.41) is 2.04. The third-order valence-electron chi connectivity index (χ3n) is 3.00. The molecule has 9 heteroatoms. The van der Waals surface area contributed by atoms with Gasteiger partial charge >= 0.3 is 12.4 Å². The first kappa shape index (κ1) is 17.8. The number of amides is 1. The molecule has 0 aliphatic rings. The van der Waals surface area contributed by atoms with E-state index < -0.39 is 35.1 Å². The number of halogens is 6. The zero-order chi connectivity index (χ0) is 18.1. The Balaban J connectivity index is 2.40. The number of hydrogen-bond donors (Lipinski definition) is 1. The molecule has 0 saturated heterocycles. The van der Waals surface area contributed by atoms with E-state index in [2.05, 4.69) is 4.98 Å². The maximum absolute atomic E-state index is 12.8. The second-order valence-corrected chi connectivity index (χ2v) is 4.93. The van der Waals surface area contributed by atoms with Gasteiger partial charge in [-0.1, -0.05) is 0 Å². The topological polar surface area (TPSA) is 42.0 Å². The first-order valence-corrected chi connectivity index (χ1v) is 6.50. The van der Waals surface area contributed by atoms with Crippen LogP contribution in [0.2, 0.25) is 0 Å². The van der Waals surface area contributed by atoms with Gasteiger partial charge in [-0.25, -0.2) is 0 Å². The number of nitrogens with zero attached hydrogens (tertiary/aromatic N) is 1. The van der Waals surface area contributed by atoms with Crippen molar-refractivity contribution >= 4 is 11.6 Å². The number of carbonyl (C=O) groups excluding carboxylic acids is 1. The molecular formula is C15H10F6N2O. The predicted octanol–water partition coefficient (Wildman–Crippen LogP) is 4.68. The Hall–Kier alpha value is -2.58. The van der Waals surface area contributed by atoms with Gasteiger partial charge in [-0.15, -0.1) is 0 Å². The number of hydrogen-bond acceptors (Lipinski definition) is 2. The van der Waals surface area contributed by atoms with Crippen molar-refractivity contribution in [1.29, 1.82) is 0 Å². The van der Waals surface area contributed by atoms with Crippen LogP contribution < -0.4 is 5.32 Å². The van der Waals surface area contributed by atoms with E-state index in [1.165, 1.54) is 18.3 Å². The summed E-state index contributed by atoms with van der Waals surface area (Å²) in [6, 6.07) is 3.53.